The van der Waals surface area contributed by atoms with Crippen molar-refractivity contribution in [1.82, 2.24) is 5.32 Å². The molecule has 0 aromatic heterocycles. The standard InChI is InChI=1S/C12H24N2O.ClH/c1-9-4-3-5-11(6-9)7-12(15)14-10(2)8-13;/h9-11H,3-8,13H2,1-2H3,(H,14,15);1H/t9?,10-,11?;/m0./s1. The third-order valence-corrected chi connectivity index (χ3v) is 3.28. The minimum Gasteiger partial charge on any atom is -0.352 e. The molecule has 0 radical (unpaired) electrons. The summed E-state index contributed by atoms with van der Waals surface area (Å²) in [5.41, 5.74) is 5.46. The number of hydrogen-bond donors (Lipinski definition) is 2. The van der Waals surface area contributed by atoms with E-state index in [1.807, 2.05) is 6.92 Å². The summed E-state index contributed by atoms with van der Waals surface area (Å²) in [6, 6.07) is 0.110. The van der Waals surface area contributed by atoms with Gasteiger partial charge in [0.15, 0.2) is 0 Å². The van der Waals surface area contributed by atoms with Crippen molar-refractivity contribution in [3.05, 3.63) is 0 Å². The van der Waals surface area contributed by atoms with Crippen LogP contribution in [0.25, 0.3) is 0 Å². The highest BCUT2D eigenvalue weighted by Gasteiger charge is 2.21. The fraction of sp³-hybridized carbons (Fsp3) is 0.917. The Morgan fingerprint density at radius 1 is 1.50 bits per heavy atom. The van der Waals surface area contributed by atoms with Crippen LogP contribution in [0.4, 0.5) is 0 Å². The molecule has 0 saturated heterocycles. The smallest absolute Gasteiger partial charge is 0.220 e. The molecular formula is C12H25ClN2O. The van der Waals surface area contributed by atoms with Crippen molar-refractivity contribution in [3.8, 4) is 0 Å². The van der Waals surface area contributed by atoms with Gasteiger partial charge in [-0.05, 0) is 31.6 Å². The summed E-state index contributed by atoms with van der Waals surface area (Å²) >= 11 is 0. The minimum atomic E-state index is 0. The second kappa shape index (κ2) is 7.91. The first kappa shape index (κ1) is 15.7. The molecule has 1 saturated carbocycles. The highest BCUT2D eigenvalue weighted by molar-refractivity contribution is 5.85. The van der Waals surface area contributed by atoms with Crippen molar-refractivity contribution >= 4 is 18.3 Å². The van der Waals surface area contributed by atoms with Crippen LogP contribution in [0.1, 0.15) is 46.0 Å². The van der Waals surface area contributed by atoms with E-state index in [0.29, 0.717) is 18.9 Å². The number of carbonyl (C=O) groups is 1. The monoisotopic (exact) mass is 248 g/mol. The number of nitrogens with two attached hydrogens (primary N) is 1. The number of nitrogens with one attached hydrogen (secondary N) is 1. The van der Waals surface area contributed by atoms with E-state index < -0.39 is 0 Å². The molecule has 4 heteroatoms. The first-order chi connectivity index (χ1) is 7.11. The maximum Gasteiger partial charge on any atom is 0.220 e. The van der Waals surface area contributed by atoms with Gasteiger partial charge in [-0.25, -0.2) is 0 Å². The van der Waals surface area contributed by atoms with Crippen LogP contribution in [-0.4, -0.2) is 18.5 Å². The molecule has 2 unspecified atom stereocenters. The molecule has 3 nitrogen and oxygen atoms in total. The molecule has 16 heavy (non-hydrogen) atoms. The Balaban J connectivity index is 0.00000225. The van der Waals surface area contributed by atoms with Crippen molar-refractivity contribution in [1.29, 1.82) is 0 Å². The zero-order chi connectivity index (χ0) is 11.3. The average molecular weight is 249 g/mol. The topological polar surface area (TPSA) is 55.1 Å². The number of hydrogen-bond acceptors (Lipinski definition) is 2. The third kappa shape index (κ3) is 5.71. The molecular weight excluding hydrogens is 224 g/mol. The lowest BCUT2D eigenvalue weighted by atomic mass is 9.81. The Morgan fingerprint density at radius 3 is 2.75 bits per heavy atom. The van der Waals surface area contributed by atoms with Crippen LogP contribution < -0.4 is 11.1 Å². The van der Waals surface area contributed by atoms with Crippen LogP contribution in [0.3, 0.4) is 0 Å². The zero-order valence-corrected chi connectivity index (χ0v) is 11.2. The van der Waals surface area contributed by atoms with Crippen molar-refractivity contribution in [2.75, 3.05) is 6.54 Å². The lowest BCUT2D eigenvalue weighted by Crippen LogP contribution is -2.38. The van der Waals surface area contributed by atoms with Crippen molar-refractivity contribution in [3.63, 3.8) is 0 Å². The van der Waals surface area contributed by atoms with Crippen LogP contribution in [0.2, 0.25) is 0 Å². The Kier molecular flexibility index (Phi) is 7.77. The van der Waals surface area contributed by atoms with E-state index in [0.717, 1.165) is 5.92 Å². The van der Waals surface area contributed by atoms with Crippen LogP contribution in [0, 0.1) is 11.8 Å². The first-order valence-electron chi connectivity index (χ1n) is 6.11. The van der Waals surface area contributed by atoms with E-state index in [2.05, 4.69) is 12.2 Å². The van der Waals surface area contributed by atoms with E-state index in [4.69, 9.17) is 5.73 Å². The lowest BCUT2D eigenvalue weighted by Gasteiger charge is -2.26. The van der Waals surface area contributed by atoms with E-state index in [9.17, 15) is 4.79 Å². The van der Waals surface area contributed by atoms with Crippen molar-refractivity contribution in [2.24, 2.45) is 17.6 Å². The molecule has 0 aliphatic heterocycles. The number of halogens is 1. The molecule has 0 heterocycles. The van der Waals surface area contributed by atoms with Crippen LogP contribution in [0.15, 0.2) is 0 Å². The zero-order valence-electron chi connectivity index (χ0n) is 10.4. The van der Waals surface area contributed by atoms with Crippen LogP contribution in [-0.2, 0) is 4.79 Å². The summed E-state index contributed by atoms with van der Waals surface area (Å²) in [6.45, 7) is 4.75. The second-order valence-electron chi connectivity index (χ2n) is 5.05. The lowest BCUT2D eigenvalue weighted by molar-refractivity contribution is -0.122. The van der Waals surface area contributed by atoms with Gasteiger partial charge in [-0.1, -0.05) is 19.8 Å². The fourth-order valence-electron chi connectivity index (χ4n) is 2.40. The maximum absolute atomic E-state index is 11.6. The first-order valence-corrected chi connectivity index (χ1v) is 6.11. The van der Waals surface area contributed by atoms with Gasteiger partial charge < -0.3 is 11.1 Å². The van der Waals surface area contributed by atoms with Gasteiger partial charge in [-0.3, -0.25) is 4.79 Å². The molecule has 1 aliphatic rings. The molecule has 0 spiro atoms. The van der Waals surface area contributed by atoms with Crippen LogP contribution >= 0.6 is 12.4 Å². The predicted octanol–water partition coefficient (Wildman–Crippen LogP) is 2.09. The van der Waals surface area contributed by atoms with Gasteiger partial charge in [0, 0.05) is 19.0 Å². The van der Waals surface area contributed by atoms with Crippen molar-refractivity contribution < 1.29 is 4.79 Å². The highest BCUT2D eigenvalue weighted by atomic mass is 35.5. The number of carbonyl (C=O) groups excluding carboxylic acids is 1. The summed E-state index contributed by atoms with van der Waals surface area (Å²) in [6.07, 6.45) is 5.73. The Labute approximate surface area is 105 Å². The number of rotatable bonds is 4. The maximum atomic E-state index is 11.6. The quantitative estimate of drug-likeness (QED) is 0.801. The van der Waals surface area contributed by atoms with Crippen molar-refractivity contribution in [2.45, 2.75) is 52.0 Å². The van der Waals surface area contributed by atoms with Gasteiger partial charge in [0.2, 0.25) is 5.91 Å². The number of amides is 1. The largest absolute Gasteiger partial charge is 0.352 e. The summed E-state index contributed by atoms with van der Waals surface area (Å²) in [4.78, 5) is 11.6. The SMILES string of the molecule is CC1CCCC(CC(=O)N[C@@H](C)CN)C1.Cl. The molecule has 3 N–H and O–H groups in total. The van der Waals surface area contributed by atoms with E-state index in [1.54, 1.807) is 0 Å². The molecule has 1 rings (SSSR count). The van der Waals surface area contributed by atoms with Gasteiger partial charge >= 0.3 is 0 Å². The van der Waals surface area contributed by atoms with Gasteiger partial charge in [0.25, 0.3) is 0 Å². The normalized spacial score (nSPS) is 26.7. The van der Waals surface area contributed by atoms with Gasteiger partial charge in [0.05, 0.1) is 0 Å². The summed E-state index contributed by atoms with van der Waals surface area (Å²) in [5, 5.41) is 2.93. The fourth-order valence-corrected chi connectivity index (χ4v) is 2.40. The van der Waals surface area contributed by atoms with Gasteiger partial charge in [-0.15, -0.1) is 12.4 Å². The Bertz CT molecular complexity index is 211. The summed E-state index contributed by atoms with van der Waals surface area (Å²) in [5.74, 6) is 1.56. The second-order valence-corrected chi connectivity index (χ2v) is 5.05. The van der Waals surface area contributed by atoms with E-state index in [1.165, 1.54) is 25.7 Å². The molecule has 96 valence electrons. The van der Waals surface area contributed by atoms with E-state index >= 15 is 0 Å². The van der Waals surface area contributed by atoms with Crippen LogP contribution in [0.5, 0.6) is 0 Å². The average Bonchev–Trinajstić information content (AvgIpc) is 2.17. The Morgan fingerprint density at radius 2 is 2.19 bits per heavy atom. The summed E-state index contributed by atoms with van der Waals surface area (Å²) < 4.78 is 0. The Hall–Kier alpha value is -0.280. The third-order valence-electron chi connectivity index (χ3n) is 3.28. The predicted molar refractivity (Wildman–Crippen MR) is 69.6 cm³/mol. The molecule has 1 amide bonds. The molecule has 1 fully saturated rings. The molecule has 0 aromatic carbocycles. The van der Waals surface area contributed by atoms with Gasteiger partial charge in [0.1, 0.15) is 0 Å². The highest BCUT2D eigenvalue weighted by Crippen LogP contribution is 2.30. The molecule has 3 atom stereocenters. The van der Waals surface area contributed by atoms with E-state index in [-0.39, 0.29) is 24.4 Å². The molecule has 0 bridgehead atoms. The summed E-state index contributed by atoms with van der Waals surface area (Å²) in [7, 11) is 0. The van der Waals surface area contributed by atoms with Gasteiger partial charge in [-0.2, -0.15) is 0 Å². The molecule has 1 aliphatic carbocycles. The molecule has 0 aromatic rings. The minimum absolute atomic E-state index is 0.